The van der Waals surface area contributed by atoms with Crippen LogP contribution in [0.5, 0.6) is 0 Å². The molecule has 3 rings (SSSR count). The second-order valence-electron chi connectivity index (χ2n) is 8.20. The van der Waals surface area contributed by atoms with Crippen molar-refractivity contribution in [1.29, 1.82) is 0 Å². The maximum Gasteiger partial charge on any atom is 0.243 e. The van der Waals surface area contributed by atoms with Crippen molar-refractivity contribution in [2.45, 2.75) is 70.5 Å². The third-order valence-electron chi connectivity index (χ3n) is 5.79. The minimum atomic E-state index is -0.603. The molecule has 1 aliphatic rings. The lowest BCUT2D eigenvalue weighted by molar-refractivity contribution is -0.141. The van der Waals surface area contributed by atoms with Crippen LogP contribution in [0.2, 0.25) is 10.0 Å². The second-order valence-corrected chi connectivity index (χ2v) is 9.05. The van der Waals surface area contributed by atoms with Gasteiger partial charge in [0.1, 0.15) is 6.04 Å². The SMILES string of the molecule is CCCC(=O)N(Cc1ccc(Cl)cc1Cl)[C@@H](Cc1ccccc1)C(=O)NC1CCCC1. The van der Waals surface area contributed by atoms with E-state index in [1.165, 1.54) is 0 Å². The van der Waals surface area contributed by atoms with Crippen LogP contribution in [-0.2, 0) is 22.6 Å². The highest BCUT2D eigenvalue weighted by atomic mass is 35.5. The molecule has 2 aromatic rings. The molecule has 0 heterocycles. The van der Waals surface area contributed by atoms with Crippen LogP contribution < -0.4 is 5.32 Å². The predicted molar refractivity (Wildman–Crippen MR) is 126 cm³/mol. The van der Waals surface area contributed by atoms with Crippen LogP contribution in [0.15, 0.2) is 48.5 Å². The van der Waals surface area contributed by atoms with Crippen molar-refractivity contribution in [3.05, 3.63) is 69.7 Å². The molecular weight excluding hydrogens is 431 g/mol. The number of hydrogen-bond donors (Lipinski definition) is 1. The van der Waals surface area contributed by atoms with E-state index < -0.39 is 6.04 Å². The van der Waals surface area contributed by atoms with Gasteiger partial charge in [-0.15, -0.1) is 0 Å². The summed E-state index contributed by atoms with van der Waals surface area (Å²) in [6.07, 6.45) is 5.81. The third-order valence-corrected chi connectivity index (χ3v) is 6.38. The summed E-state index contributed by atoms with van der Waals surface area (Å²) in [7, 11) is 0. The van der Waals surface area contributed by atoms with Crippen molar-refractivity contribution in [3.63, 3.8) is 0 Å². The fraction of sp³-hybridized carbons (Fsp3) is 0.440. The van der Waals surface area contributed by atoms with Crippen molar-refractivity contribution in [1.82, 2.24) is 10.2 Å². The number of carbonyl (C=O) groups is 2. The summed E-state index contributed by atoms with van der Waals surface area (Å²) < 4.78 is 0. The van der Waals surface area contributed by atoms with Crippen LogP contribution >= 0.6 is 23.2 Å². The van der Waals surface area contributed by atoms with Gasteiger partial charge in [-0.05, 0) is 42.5 Å². The third kappa shape index (κ3) is 6.72. The normalized spacial score (nSPS) is 14.9. The Kier molecular flexibility index (Phi) is 8.79. The molecule has 0 saturated heterocycles. The molecule has 4 nitrogen and oxygen atoms in total. The summed E-state index contributed by atoms with van der Waals surface area (Å²) in [5, 5.41) is 4.24. The first-order chi connectivity index (χ1) is 15.0. The van der Waals surface area contributed by atoms with E-state index in [2.05, 4.69) is 5.32 Å². The second kappa shape index (κ2) is 11.5. The van der Waals surface area contributed by atoms with Gasteiger partial charge in [0.25, 0.3) is 0 Å². The Labute approximate surface area is 194 Å². The lowest BCUT2D eigenvalue weighted by Crippen LogP contribution is -2.52. The van der Waals surface area contributed by atoms with Crippen molar-refractivity contribution in [3.8, 4) is 0 Å². The average Bonchev–Trinajstić information content (AvgIpc) is 3.26. The lowest BCUT2D eigenvalue weighted by atomic mass is 10.0. The summed E-state index contributed by atoms with van der Waals surface area (Å²) in [5.41, 5.74) is 1.80. The van der Waals surface area contributed by atoms with Crippen LogP contribution in [0, 0.1) is 0 Å². The van der Waals surface area contributed by atoms with Gasteiger partial charge in [-0.3, -0.25) is 9.59 Å². The van der Waals surface area contributed by atoms with Gasteiger partial charge in [-0.2, -0.15) is 0 Å². The molecule has 31 heavy (non-hydrogen) atoms. The highest BCUT2D eigenvalue weighted by molar-refractivity contribution is 6.35. The van der Waals surface area contributed by atoms with E-state index in [-0.39, 0.29) is 24.4 Å². The Balaban J connectivity index is 1.91. The topological polar surface area (TPSA) is 49.4 Å². The zero-order valence-electron chi connectivity index (χ0n) is 17.9. The van der Waals surface area contributed by atoms with Crippen molar-refractivity contribution >= 4 is 35.0 Å². The van der Waals surface area contributed by atoms with E-state index in [1.54, 1.807) is 17.0 Å². The summed E-state index contributed by atoms with van der Waals surface area (Å²) >= 11 is 12.5. The zero-order valence-corrected chi connectivity index (χ0v) is 19.5. The molecule has 0 unspecified atom stereocenters. The van der Waals surface area contributed by atoms with Crippen LogP contribution in [0.4, 0.5) is 0 Å². The van der Waals surface area contributed by atoms with Crippen molar-refractivity contribution in [2.75, 3.05) is 0 Å². The molecule has 0 aliphatic heterocycles. The molecule has 166 valence electrons. The van der Waals surface area contributed by atoms with E-state index in [1.807, 2.05) is 43.3 Å². The van der Waals surface area contributed by atoms with E-state index in [4.69, 9.17) is 23.2 Å². The molecule has 1 aliphatic carbocycles. The number of benzene rings is 2. The van der Waals surface area contributed by atoms with Gasteiger partial charge in [0.2, 0.25) is 11.8 Å². The van der Waals surface area contributed by atoms with Gasteiger partial charge in [-0.25, -0.2) is 0 Å². The number of nitrogens with zero attached hydrogens (tertiary/aromatic N) is 1. The number of amides is 2. The molecule has 1 atom stereocenters. The molecule has 2 aromatic carbocycles. The molecule has 0 spiro atoms. The van der Waals surface area contributed by atoms with Crippen molar-refractivity contribution in [2.24, 2.45) is 0 Å². The molecular formula is C25H30Cl2N2O2. The maximum atomic E-state index is 13.4. The first kappa shape index (κ1) is 23.6. The number of nitrogens with one attached hydrogen (secondary N) is 1. The van der Waals surface area contributed by atoms with Crippen LogP contribution in [-0.4, -0.2) is 28.8 Å². The highest BCUT2D eigenvalue weighted by Gasteiger charge is 2.32. The van der Waals surface area contributed by atoms with Crippen molar-refractivity contribution < 1.29 is 9.59 Å². The molecule has 2 amide bonds. The standard InChI is InChI=1S/C25H30Cl2N2O2/c1-2-8-24(30)29(17-19-13-14-20(26)16-22(19)27)23(15-18-9-4-3-5-10-18)25(31)28-21-11-6-7-12-21/h3-5,9-10,13-14,16,21,23H,2,6-8,11-12,15,17H2,1H3,(H,28,31)/t23-/m0/s1. The van der Waals surface area contributed by atoms with Gasteiger partial charge < -0.3 is 10.2 Å². The minimum absolute atomic E-state index is 0.0454. The Hall–Kier alpha value is -2.04. The van der Waals surface area contributed by atoms with Gasteiger partial charge in [0, 0.05) is 35.5 Å². The van der Waals surface area contributed by atoms with Gasteiger partial charge >= 0.3 is 0 Å². The average molecular weight is 461 g/mol. The minimum Gasteiger partial charge on any atom is -0.352 e. The van der Waals surface area contributed by atoms with E-state index in [9.17, 15) is 9.59 Å². The Morgan fingerprint density at radius 1 is 1.10 bits per heavy atom. The summed E-state index contributed by atoms with van der Waals surface area (Å²) in [6, 6.07) is 14.7. The molecule has 1 N–H and O–H groups in total. The highest BCUT2D eigenvalue weighted by Crippen LogP contribution is 2.25. The molecule has 0 bridgehead atoms. The van der Waals surface area contributed by atoms with Crippen LogP contribution in [0.3, 0.4) is 0 Å². The first-order valence-electron chi connectivity index (χ1n) is 11.1. The number of hydrogen-bond acceptors (Lipinski definition) is 2. The largest absolute Gasteiger partial charge is 0.352 e. The van der Waals surface area contributed by atoms with Gasteiger partial charge in [0.15, 0.2) is 0 Å². The summed E-state index contributed by atoms with van der Waals surface area (Å²) in [5.74, 6) is -0.138. The first-order valence-corrected chi connectivity index (χ1v) is 11.8. The van der Waals surface area contributed by atoms with Gasteiger partial charge in [-0.1, -0.05) is 79.4 Å². The van der Waals surface area contributed by atoms with E-state index >= 15 is 0 Å². The molecule has 0 radical (unpaired) electrons. The van der Waals surface area contributed by atoms with E-state index in [0.717, 1.165) is 36.8 Å². The Morgan fingerprint density at radius 2 is 1.81 bits per heavy atom. The predicted octanol–water partition coefficient (Wildman–Crippen LogP) is 5.79. The zero-order chi connectivity index (χ0) is 22.2. The Morgan fingerprint density at radius 3 is 2.45 bits per heavy atom. The van der Waals surface area contributed by atoms with Crippen LogP contribution in [0.25, 0.3) is 0 Å². The van der Waals surface area contributed by atoms with Gasteiger partial charge in [0.05, 0.1) is 0 Å². The quantitative estimate of drug-likeness (QED) is 0.514. The Bertz CT molecular complexity index is 882. The summed E-state index contributed by atoms with van der Waals surface area (Å²) in [4.78, 5) is 28.3. The molecule has 1 saturated carbocycles. The molecule has 6 heteroatoms. The van der Waals surface area contributed by atoms with Crippen LogP contribution in [0.1, 0.15) is 56.6 Å². The molecule has 0 aromatic heterocycles. The number of rotatable bonds is 9. The maximum absolute atomic E-state index is 13.4. The smallest absolute Gasteiger partial charge is 0.243 e. The number of carbonyl (C=O) groups excluding carboxylic acids is 2. The monoisotopic (exact) mass is 460 g/mol. The lowest BCUT2D eigenvalue weighted by Gasteiger charge is -2.32. The number of halogens is 2. The summed E-state index contributed by atoms with van der Waals surface area (Å²) in [6.45, 7) is 2.24. The molecule has 1 fully saturated rings. The fourth-order valence-corrected chi connectivity index (χ4v) is 4.58. The van der Waals surface area contributed by atoms with E-state index in [0.29, 0.717) is 29.3 Å². The fourth-order valence-electron chi connectivity index (χ4n) is 4.11.